The maximum atomic E-state index is 4.35. The van der Waals surface area contributed by atoms with Crippen molar-refractivity contribution in [3.8, 4) is 0 Å². The van der Waals surface area contributed by atoms with Crippen LogP contribution in [-0.4, -0.2) is 27.1 Å². The van der Waals surface area contributed by atoms with Crippen LogP contribution in [0.2, 0.25) is 0 Å². The molecule has 0 amide bonds. The van der Waals surface area contributed by atoms with Gasteiger partial charge in [-0.25, -0.2) is 9.97 Å². The summed E-state index contributed by atoms with van der Waals surface area (Å²) in [6.45, 7) is 8.42. The largest absolute Gasteiger partial charge is 0.333 e. The SMILES string of the molecule is CCc1nccn1CC(C)NCCc1scnc1C. The van der Waals surface area contributed by atoms with Gasteiger partial charge < -0.3 is 9.88 Å². The van der Waals surface area contributed by atoms with Gasteiger partial charge in [0.1, 0.15) is 5.82 Å². The highest BCUT2D eigenvalue weighted by molar-refractivity contribution is 7.09. The minimum Gasteiger partial charge on any atom is -0.333 e. The first-order chi connectivity index (χ1) is 9.20. The summed E-state index contributed by atoms with van der Waals surface area (Å²) in [5.74, 6) is 1.16. The first-order valence-corrected chi connectivity index (χ1v) is 7.71. The number of rotatable bonds is 7. The molecule has 0 aliphatic heterocycles. The molecule has 1 unspecified atom stereocenters. The topological polar surface area (TPSA) is 42.7 Å². The average molecular weight is 278 g/mol. The second kappa shape index (κ2) is 6.82. The monoisotopic (exact) mass is 278 g/mol. The van der Waals surface area contributed by atoms with E-state index in [-0.39, 0.29) is 0 Å². The molecule has 1 atom stereocenters. The van der Waals surface area contributed by atoms with E-state index in [0.29, 0.717) is 6.04 Å². The fourth-order valence-electron chi connectivity index (χ4n) is 2.18. The van der Waals surface area contributed by atoms with Crippen LogP contribution in [0.15, 0.2) is 17.9 Å². The van der Waals surface area contributed by atoms with Gasteiger partial charge in [-0.2, -0.15) is 0 Å². The van der Waals surface area contributed by atoms with Gasteiger partial charge >= 0.3 is 0 Å². The molecule has 2 heterocycles. The van der Waals surface area contributed by atoms with Crippen LogP contribution < -0.4 is 5.32 Å². The first-order valence-electron chi connectivity index (χ1n) is 6.83. The Morgan fingerprint density at radius 1 is 1.42 bits per heavy atom. The van der Waals surface area contributed by atoms with Crippen molar-refractivity contribution in [2.24, 2.45) is 0 Å². The molecule has 0 aliphatic carbocycles. The van der Waals surface area contributed by atoms with Crippen LogP contribution in [0.25, 0.3) is 0 Å². The van der Waals surface area contributed by atoms with Crippen molar-refractivity contribution in [2.75, 3.05) is 6.54 Å². The smallest absolute Gasteiger partial charge is 0.108 e. The summed E-state index contributed by atoms with van der Waals surface area (Å²) in [7, 11) is 0. The lowest BCUT2D eigenvalue weighted by atomic mass is 10.2. The van der Waals surface area contributed by atoms with Gasteiger partial charge in [-0.05, 0) is 20.3 Å². The molecule has 0 saturated heterocycles. The number of hydrogen-bond donors (Lipinski definition) is 1. The molecule has 2 rings (SSSR count). The summed E-state index contributed by atoms with van der Waals surface area (Å²) in [5, 5.41) is 3.57. The number of aryl methyl sites for hydroxylation is 2. The van der Waals surface area contributed by atoms with Gasteiger partial charge in [0.2, 0.25) is 0 Å². The Kier molecular flexibility index (Phi) is 5.10. The zero-order chi connectivity index (χ0) is 13.7. The molecule has 0 aliphatic rings. The second-order valence-corrected chi connectivity index (χ2v) is 5.75. The van der Waals surface area contributed by atoms with Crippen molar-refractivity contribution in [2.45, 2.75) is 46.2 Å². The van der Waals surface area contributed by atoms with Crippen molar-refractivity contribution in [1.29, 1.82) is 0 Å². The van der Waals surface area contributed by atoms with Gasteiger partial charge in [0.15, 0.2) is 0 Å². The lowest BCUT2D eigenvalue weighted by Crippen LogP contribution is -2.32. The minimum atomic E-state index is 0.452. The third-order valence-corrected chi connectivity index (χ3v) is 4.27. The van der Waals surface area contributed by atoms with Crippen molar-refractivity contribution >= 4 is 11.3 Å². The molecule has 19 heavy (non-hydrogen) atoms. The number of aromatic nitrogens is 3. The summed E-state index contributed by atoms with van der Waals surface area (Å²) >= 11 is 1.75. The Hall–Kier alpha value is -1.20. The normalized spacial score (nSPS) is 12.8. The molecule has 5 heteroatoms. The zero-order valence-electron chi connectivity index (χ0n) is 11.9. The molecule has 1 N–H and O–H groups in total. The second-order valence-electron chi connectivity index (χ2n) is 4.82. The van der Waals surface area contributed by atoms with E-state index in [9.17, 15) is 0 Å². The Labute approximate surface area is 118 Å². The number of nitrogens with zero attached hydrogens (tertiary/aromatic N) is 3. The van der Waals surface area contributed by atoms with Crippen LogP contribution in [0, 0.1) is 6.92 Å². The van der Waals surface area contributed by atoms with Gasteiger partial charge in [-0.15, -0.1) is 11.3 Å². The summed E-state index contributed by atoms with van der Waals surface area (Å²) in [4.78, 5) is 10.0. The summed E-state index contributed by atoms with van der Waals surface area (Å²) < 4.78 is 2.23. The third kappa shape index (κ3) is 3.88. The number of hydrogen-bond acceptors (Lipinski definition) is 4. The fourth-order valence-corrected chi connectivity index (χ4v) is 2.96. The molecule has 2 aromatic heterocycles. The minimum absolute atomic E-state index is 0.452. The lowest BCUT2D eigenvalue weighted by molar-refractivity contribution is 0.471. The van der Waals surface area contributed by atoms with E-state index < -0.39 is 0 Å². The number of thiazole rings is 1. The molecular formula is C14H22N4S. The van der Waals surface area contributed by atoms with Crippen LogP contribution in [0.4, 0.5) is 0 Å². The van der Waals surface area contributed by atoms with Crippen LogP contribution in [0.3, 0.4) is 0 Å². The van der Waals surface area contributed by atoms with Gasteiger partial charge in [0.05, 0.1) is 11.2 Å². The molecule has 0 aromatic carbocycles. The van der Waals surface area contributed by atoms with Crippen molar-refractivity contribution in [3.63, 3.8) is 0 Å². The highest BCUT2D eigenvalue weighted by Gasteiger charge is 2.07. The van der Waals surface area contributed by atoms with Gasteiger partial charge in [0, 0.05) is 42.8 Å². The van der Waals surface area contributed by atoms with Crippen LogP contribution in [-0.2, 0) is 19.4 Å². The van der Waals surface area contributed by atoms with Crippen LogP contribution in [0.1, 0.15) is 30.2 Å². The first kappa shape index (κ1) is 14.2. The standard InChI is InChI=1S/C14H22N4S/c1-4-14-16-7-8-18(14)9-11(2)15-6-5-13-12(3)17-10-19-13/h7-8,10-11,15H,4-6,9H2,1-3H3. The summed E-state index contributed by atoms with van der Waals surface area (Å²) in [6, 6.07) is 0.452. The van der Waals surface area contributed by atoms with E-state index in [2.05, 4.69) is 46.8 Å². The fraction of sp³-hybridized carbons (Fsp3) is 0.571. The summed E-state index contributed by atoms with van der Waals surface area (Å²) in [6.07, 6.45) is 5.99. The molecule has 4 nitrogen and oxygen atoms in total. The van der Waals surface area contributed by atoms with Crippen LogP contribution in [0.5, 0.6) is 0 Å². The molecule has 0 saturated carbocycles. The molecule has 104 valence electrons. The summed E-state index contributed by atoms with van der Waals surface area (Å²) in [5.41, 5.74) is 3.09. The molecule has 0 radical (unpaired) electrons. The van der Waals surface area contributed by atoms with E-state index in [1.165, 1.54) is 10.6 Å². The maximum Gasteiger partial charge on any atom is 0.108 e. The van der Waals surface area contributed by atoms with E-state index in [1.54, 1.807) is 11.3 Å². The van der Waals surface area contributed by atoms with E-state index in [1.807, 2.05) is 11.7 Å². The van der Waals surface area contributed by atoms with Crippen molar-refractivity contribution < 1.29 is 0 Å². The van der Waals surface area contributed by atoms with Gasteiger partial charge in [-0.3, -0.25) is 0 Å². The Morgan fingerprint density at radius 2 is 2.26 bits per heavy atom. The number of nitrogens with one attached hydrogen (secondary N) is 1. The number of imidazole rings is 1. The van der Waals surface area contributed by atoms with Crippen molar-refractivity contribution in [1.82, 2.24) is 19.9 Å². The van der Waals surface area contributed by atoms with Crippen molar-refractivity contribution in [3.05, 3.63) is 34.3 Å². The van der Waals surface area contributed by atoms with Gasteiger partial charge in [-0.1, -0.05) is 6.92 Å². The zero-order valence-corrected chi connectivity index (χ0v) is 12.7. The van der Waals surface area contributed by atoms with Gasteiger partial charge in [0.25, 0.3) is 0 Å². The quantitative estimate of drug-likeness (QED) is 0.846. The molecular weight excluding hydrogens is 256 g/mol. The lowest BCUT2D eigenvalue weighted by Gasteiger charge is -2.15. The maximum absolute atomic E-state index is 4.35. The molecule has 0 spiro atoms. The molecule has 0 fully saturated rings. The Morgan fingerprint density at radius 3 is 2.95 bits per heavy atom. The molecule has 0 bridgehead atoms. The van der Waals surface area contributed by atoms with E-state index in [4.69, 9.17) is 0 Å². The molecule has 2 aromatic rings. The predicted molar refractivity (Wildman–Crippen MR) is 79.6 cm³/mol. The third-order valence-electron chi connectivity index (χ3n) is 3.28. The van der Waals surface area contributed by atoms with E-state index >= 15 is 0 Å². The highest BCUT2D eigenvalue weighted by atomic mass is 32.1. The van der Waals surface area contributed by atoms with E-state index in [0.717, 1.165) is 31.8 Å². The van der Waals surface area contributed by atoms with Crippen LogP contribution >= 0.6 is 11.3 Å². The highest BCUT2D eigenvalue weighted by Crippen LogP contribution is 2.12. The Bertz CT molecular complexity index is 503. The predicted octanol–water partition coefficient (Wildman–Crippen LogP) is 2.43. The average Bonchev–Trinajstić information content (AvgIpc) is 2.99. The Balaban J connectivity index is 1.76.